The third-order valence-corrected chi connectivity index (χ3v) is 3.51. The Morgan fingerprint density at radius 3 is 2.04 bits per heavy atom. The van der Waals surface area contributed by atoms with Crippen LogP contribution in [0.3, 0.4) is 0 Å². The number of halogens is 1. The highest BCUT2D eigenvalue weighted by Gasteiger charge is 2.15. The van der Waals surface area contributed by atoms with Crippen LogP contribution >= 0.6 is 0 Å². The van der Waals surface area contributed by atoms with Gasteiger partial charge < -0.3 is 4.74 Å². The van der Waals surface area contributed by atoms with E-state index in [1.54, 1.807) is 36.4 Å². The largest absolute Gasteiger partial charge is 0.450 e. The number of carbonyl (C=O) groups is 1. The molecule has 0 atom stereocenters. The molecule has 0 N–H and O–H groups in total. The van der Waals surface area contributed by atoms with Gasteiger partial charge in [0.25, 0.3) is 0 Å². The van der Waals surface area contributed by atoms with Crippen LogP contribution in [0.5, 0.6) is 11.5 Å². The van der Waals surface area contributed by atoms with Gasteiger partial charge in [0, 0.05) is 17.2 Å². The second-order valence-electron chi connectivity index (χ2n) is 5.19. The number of para-hydroxylation sites is 2. The van der Waals surface area contributed by atoms with Crippen molar-refractivity contribution in [3.05, 3.63) is 99.9 Å². The van der Waals surface area contributed by atoms with E-state index in [-0.39, 0.29) is 17.2 Å². The zero-order valence-corrected chi connectivity index (χ0v) is 12.9. The zero-order chi connectivity index (χ0) is 17.8. The van der Waals surface area contributed by atoms with Crippen LogP contribution in [0.25, 0.3) is 0 Å². The SMILES string of the molecule is O=C(c1ccc(F)cc1)c1ccc(Oc2ccccc2[N+](=O)[O-])cc1. The molecule has 6 heteroatoms. The molecule has 3 aromatic rings. The molecule has 0 unspecified atom stereocenters. The summed E-state index contributed by atoms with van der Waals surface area (Å²) in [6.45, 7) is 0. The van der Waals surface area contributed by atoms with Gasteiger partial charge in [-0.05, 0) is 54.6 Å². The van der Waals surface area contributed by atoms with Crippen molar-refractivity contribution in [1.29, 1.82) is 0 Å². The number of carbonyl (C=O) groups excluding carboxylic acids is 1. The van der Waals surface area contributed by atoms with Crippen molar-refractivity contribution in [2.75, 3.05) is 0 Å². The molecular weight excluding hydrogens is 325 g/mol. The third-order valence-electron chi connectivity index (χ3n) is 3.51. The van der Waals surface area contributed by atoms with Gasteiger partial charge in [0.2, 0.25) is 5.75 Å². The van der Waals surface area contributed by atoms with E-state index in [1.165, 1.54) is 36.4 Å². The lowest BCUT2D eigenvalue weighted by molar-refractivity contribution is -0.385. The second kappa shape index (κ2) is 6.92. The molecule has 0 aromatic heterocycles. The van der Waals surface area contributed by atoms with Crippen molar-refractivity contribution in [3.63, 3.8) is 0 Å². The second-order valence-corrected chi connectivity index (χ2v) is 5.19. The molecule has 0 aliphatic heterocycles. The van der Waals surface area contributed by atoms with Gasteiger partial charge in [0.15, 0.2) is 5.78 Å². The molecule has 0 spiro atoms. The fourth-order valence-corrected chi connectivity index (χ4v) is 2.26. The highest BCUT2D eigenvalue weighted by atomic mass is 19.1. The van der Waals surface area contributed by atoms with Gasteiger partial charge in [-0.25, -0.2) is 4.39 Å². The van der Waals surface area contributed by atoms with E-state index < -0.39 is 10.7 Å². The molecule has 0 fully saturated rings. The van der Waals surface area contributed by atoms with E-state index in [4.69, 9.17) is 4.74 Å². The molecule has 3 rings (SSSR count). The van der Waals surface area contributed by atoms with Crippen LogP contribution in [-0.2, 0) is 0 Å². The Morgan fingerprint density at radius 2 is 1.44 bits per heavy atom. The normalized spacial score (nSPS) is 10.3. The number of benzene rings is 3. The van der Waals surface area contributed by atoms with E-state index in [1.807, 2.05) is 0 Å². The van der Waals surface area contributed by atoms with Gasteiger partial charge in [0.05, 0.1) is 4.92 Å². The Labute approximate surface area is 142 Å². The first-order chi connectivity index (χ1) is 12.0. The Hall–Kier alpha value is -3.54. The summed E-state index contributed by atoms with van der Waals surface area (Å²) in [5.41, 5.74) is 0.629. The van der Waals surface area contributed by atoms with Crippen LogP contribution in [0.4, 0.5) is 10.1 Å². The highest BCUT2D eigenvalue weighted by molar-refractivity contribution is 6.09. The van der Waals surface area contributed by atoms with Crippen LogP contribution in [0, 0.1) is 15.9 Å². The van der Waals surface area contributed by atoms with Gasteiger partial charge in [-0.15, -0.1) is 0 Å². The first kappa shape index (κ1) is 16.3. The lowest BCUT2D eigenvalue weighted by Crippen LogP contribution is -2.01. The number of ether oxygens (including phenoxy) is 1. The van der Waals surface area contributed by atoms with Gasteiger partial charge in [-0.3, -0.25) is 14.9 Å². The molecule has 0 radical (unpaired) electrons. The van der Waals surface area contributed by atoms with Crippen molar-refractivity contribution in [2.24, 2.45) is 0 Å². The van der Waals surface area contributed by atoms with Gasteiger partial charge in [0.1, 0.15) is 11.6 Å². The zero-order valence-electron chi connectivity index (χ0n) is 12.9. The molecule has 0 bridgehead atoms. The smallest absolute Gasteiger partial charge is 0.311 e. The molecule has 0 saturated heterocycles. The highest BCUT2D eigenvalue weighted by Crippen LogP contribution is 2.31. The van der Waals surface area contributed by atoms with Crippen molar-refractivity contribution in [2.45, 2.75) is 0 Å². The molecule has 0 saturated carbocycles. The number of hydrogen-bond acceptors (Lipinski definition) is 4. The van der Waals surface area contributed by atoms with Gasteiger partial charge in [-0.1, -0.05) is 12.1 Å². The molecule has 0 heterocycles. The van der Waals surface area contributed by atoms with E-state index in [0.29, 0.717) is 16.9 Å². The van der Waals surface area contributed by atoms with Crippen molar-refractivity contribution in [1.82, 2.24) is 0 Å². The van der Waals surface area contributed by atoms with Crippen LogP contribution < -0.4 is 4.74 Å². The summed E-state index contributed by atoms with van der Waals surface area (Å²) in [6.07, 6.45) is 0. The molecule has 0 amide bonds. The fourth-order valence-electron chi connectivity index (χ4n) is 2.26. The minimum Gasteiger partial charge on any atom is -0.450 e. The predicted octanol–water partition coefficient (Wildman–Crippen LogP) is 4.76. The summed E-state index contributed by atoms with van der Waals surface area (Å²) in [5.74, 6) is -0.183. The Kier molecular flexibility index (Phi) is 4.52. The number of nitro groups is 1. The molecule has 124 valence electrons. The van der Waals surface area contributed by atoms with Gasteiger partial charge in [-0.2, -0.15) is 0 Å². The van der Waals surface area contributed by atoms with E-state index in [9.17, 15) is 19.3 Å². The molecule has 0 aliphatic rings. The molecule has 25 heavy (non-hydrogen) atoms. The lowest BCUT2D eigenvalue weighted by Gasteiger charge is -2.07. The fraction of sp³-hybridized carbons (Fsp3) is 0. The quantitative estimate of drug-likeness (QED) is 0.382. The summed E-state index contributed by atoms with van der Waals surface area (Å²) in [5, 5.41) is 11.0. The number of ketones is 1. The molecule has 3 aromatic carbocycles. The summed E-state index contributed by atoms with van der Waals surface area (Å²) in [4.78, 5) is 22.8. The van der Waals surface area contributed by atoms with E-state index >= 15 is 0 Å². The van der Waals surface area contributed by atoms with Crippen LogP contribution in [0.1, 0.15) is 15.9 Å². The maximum atomic E-state index is 12.9. The molecular formula is C19H12FNO4. The van der Waals surface area contributed by atoms with Crippen LogP contribution in [0.15, 0.2) is 72.8 Å². The minimum absolute atomic E-state index is 0.116. The van der Waals surface area contributed by atoms with Crippen LogP contribution in [0.2, 0.25) is 0 Å². The Bertz CT molecular complexity index is 921. The summed E-state index contributed by atoms with van der Waals surface area (Å²) >= 11 is 0. The van der Waals surface area contributed by atoms with Crippen molar-refractivity contribution < 1.29 is 18.8 Å². The summed E-state index contributed by atoms with van der Waals surface area (Å²) in [6, 6.07) is 17.5. The Morgan fingerprint density at radius 1 is 0.880 bits per heavy atom. The number of nitrogens with zero attached hydrogens (tertiary/aromatic N) is 1. The lowest BCUT2D eigenvalue weighted by atomic mass is 10.0. The summed E-state index contributed by atoms with van der Waals surface area (Å²) < 4.78 is 18.5. The average Bonchev–Trinajstić information content (AvgIpc) is 2.63. The monoisotopic (exact) mass is 337 g/mol. The topological polar surface area (TPSA) is 69.4 Å². The van der Waals surface area contributed by atoms with E-state index in [2.05, 4.69) is 0 Å². The first-order valence-electron chi connectivity index (χ1n) is 7.36. The maximum Gasteiger partial charge on any atom is 0.311 e. The van der Waals surface area contributed by atoms with Crippen LogP contribution in [-0.4, -0.2) is 10.7 Å². The maximum absolute atomic E-state index is 12.9. The molecule has 5 nitrogen and oxygen atoms in total. The average molecular weight is 337 g/mol. The Balaban J connectivity index is 1.80. The third kappa shape index (κ3) is 3.69. The standard InChI is InChI=1S/C19H12FNO4/c20-15-9-5-13(6-10-15)19(22)14-7-11-16(12-8-14)25-18-4-2-1-3-17(18)21(23)24/h1-12H. The predicted molar refractivity (Wildman–Crippen MR) is 89.4 cm³/mol. The molecule has 0 aliphatic carbocycles. The first-order valence-corrected chi connectivity index (χ1v) is 7.36. The van der Waals surface area contributed by atoms with Crippen molar-refractivity contribution in [3.8, 4) is 11.5 Å². The summed E-state index contributed by atoms with van der Waals surface area (Å²) in [7, 11) is 0. The number of rotatable bonds is 5. The van der Waals surface area contributed by atoms with Gasteiger partial charge >= 0.3 is 5.69 Å². The number of hydrogen-bond donors (Lipinski definition) is 0. The van der Waals surface area contributed by atoms with E-state index in [0.717, 1.165) is 0 Å². The number of nitro benzene ring substituents is 1. The van der Waals surface area contributed by atoms with Crippen molar-refractivity contribution >= 4 is 11.5 Å². The minimum atomic E-state index is -0.526.